The molecule has 4 heterocycles. The summed E-state index contributed by atoms with van der Waals surface area (Å²) in [5, 5.41) is 9.44. The Labute approximate surface area is 164 Å². The van der Waals surface area contributed by atoms with Crippen molar-refractivity contribution in [1.29, 1.82) is 5.41 Å². The number of nitrogens with one attached hydrogen (secondary N) is 1. The van der Waals surface area contributed by atoms with Crippen molar-refractivity contribution in [2.24, 2.45) is 0 Å². The highest BCUT2D eigenvalue weighted by Crippen LogP contribution is 2.37. The molecule has 0 aliphatic carbocycles. The Morgan fingerprint density at radius 3 is 2.86 bits per heavy atom. The van der Waals surface area contributed by atoms with Crippen molar-refractivity contribution in [3.8, 4) is 0 Å². The predicted molar refractivity (Wildman–Crippen MR) is 102 cm³/mol. The SMILES string of the molecule is COC(=O)Cn1c(=O)n(Cc2ccco2)c(=N)c2c3c(sc21)COC(C)(C)C3. The van der Waals surface area contributed by atoms with Crippen molar-refractivity contribution in [1.82, 2.24) is 9.13 Å². The highest BCUT2D eigenvalue weighted by molar-refractivity contribution is 7.18. The fourth-order valence-electron chi connectivity index (χ4n) is 3.47. The smallest absolute Gasteiger partial charge is 0.331 e. The number of fused-ring (bicyclic) bond motifs is 3. The second-order valence-electron chi connectivity index (χ2n) is 7.37. The van der Waals surface area contributed by atoms with Crippen LogP contribution in [0.2, 0.25) is 0 Å². The van der Waals surface area contributed by atoms with E-state index in [-0.39, 0.29) is 24.2 Å². The van der Waals surface area contributed by atoms with Crippen LogP contribution in [-0.2, 0) is 40.4 Å². The molecule has 28 heavy (non-hydrogen) atoms. The predicted octanol–water partition coefficient (Wildman–Crippen LogP) is 2.01. The third-order valence-electron chi connectivity index (χ3n) is 4.89. The van der Waals surface area contributed by atoms with Gasteiger partial charge in [0.25, 0.3) is 0 Å². The van der Waals surface area contributed by atoms with E-state index in [0.29, 0.717) is 29.0 Å². The summed E-state index contributed by atoms with van der Waals surface area (Å²) in [5.41, 5.74) is 0.321. The molecule has 0 atom stereocenters. The first-order chi connectivity index (χ1) is 13.3. The summed E-state index contributed by atoms with van der Waals surface area (Å²) in [4.78, 5) is 26.7. The third kappa shape index (κ3) is 3.10. The minimum atomic E-state index is -0.520. The van der Waals surface area contributed by atoms with Crippen molar-refractivity contribution < 1.29 is 18.7 Å². The van der Waals surface area contributed by atoms with Crippen molar-refractivity contribution in [2.45, 2.75) is 45.6 Å². The Morgan fingerprint density at radius 1 is 1.39 bits per heavy atom. The van der Waals surface area contributed by atoms with Gasteiger partial charge in [-0.15, -0.1) is 11.3 Å². The third-order valence-corrected chi connectivity index (χ3v) is 6.12. The Bertz CT molecular complexity index is 1170. The number of thiophene rings is 1. The zero-order valence-electron chi connectivity index (χ0n) is 15.9. The highest BCUT2D eigenvalue weighted by Gasteiger charge is 2.31. The number of ether oxygens (including phenoxy) is 2. The van der Waals surface area contributed by atoms with Gasteiger partial charge in [-0.3, -0.25) is 19.3 Å². The van der Waals surface area contributed by atoms with E-state index in [4.69, 9.17) is 19.3 Å². The Hall–Kier alpha value is -2.65. The lowest BCUT2D eigenvalue weighted by atomic mass is 9.94. The van der Waals surface area contributed by atoms with E-state index in [1.54, 1.807) is 12.1 Å². The van der Waals surface area contributed by atoms with Crippen molar-refractivity contribution >= 4 is 27.5 Å². The highest BCUT2D eigenvalue weighted by atomic mass is 32.1. The van der Waals surface area contributed by atoms with E-state index < -0.39 is 11.7 Å². The molecular weight excluding hydrogens is 382 g/mol. The number of carbonyl (C=O) groups excluding carboxylic acids is 1. The minimum absolute atomic E-state index is 0.117. The summed E-state index contributed by atoms with van der Waals surface area (Å²) in [7, 11) is 1.29. The summed E-state index contributed by atoms with van der Waals surface area (Å²) in [5.74, 6) is 0.0426. The number of nitrogens with zero attached hydrogens (tertiary/aromatic N) is 2. The molecule has 148 valence electrons. The van der Waals surface area contributed by atoms with Gasteiger partial charge in [-0.1, -0.05) is 0 Å². The zero-order valence-corrected chi connectivity index (χ0v) is 16.7. The lowest BCUT2D eigenvalue weighted by Gasteiger charge is -2.30. The van der Waals surface area contributed by atoms with E-state index in [1.807, 2.05) is 13.8 Å². The fourth-order valence-corrected chi connectivity index (χ4v) is 4.70. The average Bonchev–Trinajstić information content (AvgIpc) is 3.28. The van der Waals surface area contributed by atoms with Crippen LogP contribution in [-0.4, -0.2) is 27.8 Å². The largest absolute Gasteiger partial charge is 0.468 e. The van der Waals surface area contributed by atoms with Gasteiger partial charge in [-0.25, -0.2) is 4.79 Å². The molecule has 0 spiro atoms. The van der Waals surface area contributed by atoms with Gasteiger partial charge in [0, 0.05) is 11.3 Å². The second-order valence-corrected chi connectivity index (χ2v) is 8.45. The molecule has 8 nitrogen and oxygen atoms in total. The van der Waals surface area contributed by atoms with E-state index in [9.17, 15) is 9.59 Å². The van der Waals surface area contributed by atoms with Gasteiger partial charge in [-0.05, 0) is 31.5 Å². The molecule has 4 rings (SSSR count). The molecule has 0 aromatic carbocycles. The monoisotopic (exact) mass is 403 g/mol. The number of hydrogen-bond donors (Lipinski definition) is 1. The maximum absolute atomic E-state index is 13.2. The number of esters is 1. The molecule has 0 saturated heterocycles. The fraction of sp³-hybridized carbons (Fsp3) is 0.421. The summed E-state index contributed by atoms with van der Waals surface area (Å²) < 4.78 is 18.8. The maximum atomic E-state index is 13.2. The Balaban J connectivity index is 2.00. The van der Waals surface area contributed by atoms with Gasteiger partial charge >= 0.3 is 11.7 Å². The number of furan rings is 1. The molecule has 0 unspecified atom stereocenters. The van der Waals surface area contributed by atoms with E-state index in [2.05, 4.69) is 0 Å². The van der Waals surface area contributed by atoms with Crippen LogP contribution in [0.25, 0.3) is 10.2 Å². The van der Waals surface area contributed by atoms with Crippen LogP contribution in [0.4, 0.5) is 0 Å². The molecule has 1 aliphatic rings. The summed E-state index contributed by atoms with van der Waals surface area (Å²) >= 11 is 1.40. The molecule has 1 N–H and O–H groups in total. The van der Waals surface area contributed by atoms with E-state index in [1.165, 1.54) is 33.8 Å². The minimum Gasteiger partial charge on any atom is -0.468 e. The molecule has 0 radical (unpaired) electrons. The Kier molecular flexibility index (Phi) is 4.51. The zero-order chi connectivity index (χ0) is 20.1. The lowest BCUT2D eigenvalue weighted by molar-refractivity contribution is -0.141. The van der Waals surface area contributed by atoms with Crippen LogP contribution in [0.3, 0.4) is 0 Å². The first-order valence-electron chi connectivity index (χ1n) is 8.86. The Morgan fingerprint density at radius 2 is 2.18 bits per heavy atom. The van der Waals surface area contributed by atoms with Crippen molar-refractivity contribution in [3.05, 3.63) is 50.6 Å². The molecule has 0 saturated carbocycles. The van der Waals surface area contributed by atoms with E-state index in [0.717, 1.165) is 10.4 Å². The molecule has 9 heteroatoms. The van der Waals surface area contributed by atoms with Crippen LogP contribution in [0.15, 0.2) is 27.6 Å². The number of methoxy groups -OCH3 is 1. The maximum Gasteiger partial charge on any atom is 0.331 e. The van der Waals surface area contributed by atoms with Crippen LogP contribution < -0.4 is 11.2 Å². The van der Waals surface area contributed by atoms with Crippen molar-refractivity contribution in [2.75, 3.05) is 7.11 Å². The number of rotatable bonds is 4. The van der Waals surface area contributed by atoms with Gasteiger partial charge in [0.1, 0.15) is 22.6 Å². The summed E-state index contributed by atoms with van der Waals surface area (Å²) in [6.45, 7) is 4.33. The van der Waals surface area contributed by atoms with Gasteiger partial charge in [-0.2, -0.15) is 0 Å². The quantitative estimate of drug-likeness (QED) is 0.672. The molecule has 3 aromatic heterocycles. The summed E-state index contributed by atoms with van der Waals surface area (Å²) in [6.07, 6.45) is 2.16. The number of carbonyl (C=O) groups is 1. The van der Waals surface area contributed by atoms with Gasteiger partial charge in [0.2, 0.25) is 0 Å². The van der Waals surface area contributed by atoms with Crippen LogP contribution in [0.5, 0.6) is 0 Å². The summed E-state index contributed by atoms with van der Waals surface area (Å²) in [6, 6.07) is 3.48. The molecule has 0 fully saturated rings. The van der Waals surface area contributed by atoms with Crippen LogP contribution in [0, 0.1) is 5.41 Å². The van der Waals surface area contributed by atoms with Gasteiger partial charge < -0.3 is 13.9 Å². The van der Waals surface area contributed by atoms with Gasteiger partial charge in [0.05, 0.1) is 37.5 Å². The molecule has 3 aromatic rings. The first-order valence-corrected chi connectivity index (χ1v) is 9.68. The van der Waals surface area contributed by atoms with E-state index >= 15 is 0 Å². The number of hydrogen-bond acceptors (Lipinski definition) is 7. The molecule has 0 bridgehead atoms. The van der Waals surface area contributed by atoms with Crippen LogP contribution >= 0.6 is 11.3 Å². The first kappa shape index (κ1) is 18.7. The van der Waals surface area contributed by atoms with Crippen LogP contribution in [0.1, 0.15) is 30.0 Å². The standard InChI is InChI=1S/C19H21N3O5S/c1-19(2)7-12-13(10-27-19)28-17-15(12)16(20)21(8-11-5-4-6-26-11)18(24)22(17)9-14(23)25-3/h4-6,20H,7-10H2,1-3H3. The molecular formula is C19H21N3O5S. The van der Waals surface area contributed by atoms with Gasteiger partial charge in [0.15, 0.2) is 0 Å². The molecule has 0 amide bonds. The topological polar surface area (TPSA) is 99.5 Å². The second kappa shape index (κ2) is 6.75. The lowest BCUT2D eigenvalue weighted by Crippen LogP contribution is -2.41. The number of aromatic nitrogens is 2. The average molecular weight is 403 g/mol. The van der Waals surface area contributed by atoms with Crippen molar-refractivity contribution in [3.63, 3.8) is 0 Å². The molecule has 1 aliphatic heterocycles. The normalized spacial score (nSPS) is 15.5.